The first-order valence-electron chi connectivity index (χ1n) is 11.1. The van der Waals surface area contributed by atoms with Crippen LogP contribution in [0.1, 0.15) is 37.9 Å². The maximum atomic E-state index is 13.7. The van der Waals surface area contributed by atoms with E-state index in [0.717, 1.165) is 10.5 Å². The zero-order valence-electron chi connectivity index (χ0n) is 19.9. The Morgan fingerprint density at radius 2 is 1.26 bits per heavy atom. The van der Waals surface area contributed by atoms with Crippen LogP contribution in [0.5, 0.6) is 11.5 Å². The maximum absolute atomic E-state index is 13.7. The molecule has 0 unspecified atom stereocenters. The Morgan fingerprint density at radius 3 is 1.79 bits per heavy atom. The van der Waals surface area contributed by atoms with E-state index in [1.54, 1.807) is 36.4 Å². The molecule has 0 radical (unpaired) electrons. The van der Waals surface area contributed by atoms with Crippen LogP contribution in [0.15, 0.2) is 36.4 Å². The van der Waals surface area contributed by atoms with E-state index < -0.39 is 29.8 Å². The largest absolute Gasteiger partial charge is 0.493 e. The Balaban J connectivity index is 1.66. The van der Waals surface area contributed by atoms with E-state index >= 15 is 0 Å². The second-order valence-electron chi connectivity index (χ2n) is 8.63. The molecule has 0 saturated carbocycles. The van der Waals surface area contributed by atoms with Gasteiger partial charge in [0.1, 0.15) is 6.04 Å². The van der Waals surface area contributed by atoms with E-state index in [0.29, 0.717) is 27.8 Å². The fourth-order valence-electron chi connectivity index (χ4n) is 4.73. The summed E-state index contributed by atoms with van der Waals surface area (Å²) in [5.74, 6) is -1.26. The molecule has 12 heteroatoms. The molecule has 1 saturated heterocycles. The first-order valence-corrected chi connectivity index (χ1v) is 13.0. The Labute approximate surface area is 242 Å². The number of imide groups is 1. The maximum Gasteiger partial charge on any atom is 0.264 e. The topological polar surface area (TPSA) is 76.2 Å². The Kier molecular flexibility index (Phi) is 6.95. The molecule has 0 bridgehead atoms. The number of nitrogens with zero attached hydrogens (tertiary/aromatic N) is 2. The standard InChI is InChI=1S/C26H17Cl5N2O5/c1-10-4-6-12(9-13(10)27)32-22(11-5-7-14(37-2)15(8-11)38-3)23(26(32)36)33-24(34)16-17(25(33)35)19(29)21(31)20(30)18(16)28/h4-9,22-23H,1-3H3/t22-,23+/m1/s1. The molecule has 3 aromatic rings. The number of fused-ring (bicyclic) bond motifs is 1. The summed E-state index contributed by atoms with van der Waals surface area (Å²) in [5, 5.41) is -0.296. The smallest absolute Gasteiger partial charge is 0.264 e. The van der Waals surface area contributed by atoms with Gasteiger partial charge in [0.15, 0.2) is 11.5 Å². The molecule has 3 amide bonds. The number of amides is 3. The van der Waals surface area contributed by atoms with Crippen LogP contribution < -0.4 is 14.4 Å². The summed E-state index contributed by atoms with van der Waals surface area (Å²) in [6.07, 6.45) is 0. The second kappa shape index (κ2) is 9.81. The number of halogens is 5. The third kappa shape index (κ3) is 3.83. The average Bonchev–Trinajstić information content (AvgIpc) is 3.16. The van der Waals surface area contributed by atoms with Gasteiger partial charge < -0.3 is 14.4 Å². The first-order chi connectivity index (χ1) is 18.0. The van der Waals surface area contributed by atoms with Gasteiger partial charge in [-0.05, 0) is 42.3 Å². The number of carbonyl (C=O) groups excluding carboxylic acids is 3. The van der Waals surface area contributed by atoms with Crippen molar-refractivity contribution >= 4 is 81.4 Å². The number of hydrogen-bond acceptors (Lipinski definition) is 5. The lowest BCUT2D eigenvalue weighted by atomic mass is 9.86. The highest BCUT2D eigenvalue weighted by atomic mass is 35.5. The minimum absolute atomic E-state index is 0.160. The summed E-state index contributed by atoms with van der Waals surface area (Å²) >= 11 is 31.3. The lowest BCUT2D eigenvalue weighted by molar-refractivity contribution is -0.130. The molecule has 38 heavy (non-hydrogen) atoms. The van der Waals surface area contributed by atoms with Crippen molar-refractivity contribution in [3.63, 3.8) is 0 Å². The SMILES string of the molecule is COc1ccc([C@@H]2[C@H](N3C(=O)c4c(Cl)c(Cl)c(Cl)c(Cl)c4C3=O)C(=O)N2c2ccc(C)c(Cl)c2)cc1OC. The highest BCUT2D eigenvalue weighted by Crippen LogP contribution is 2.50. The van der Waals surface area contributed by atoms with Gasteiger partial charge in [-0.3, -0.25) is 19.3 Å². The molecule has 3 aromatic carbocycles. The van der Waals surface area contributed by atoms with Crippen LogP contribution >= 0.6 is 58.0 Å². The molecular weight excluding hydrogens is 598 g/mol. The second-order valence-corrected chi connectivity index (χ2v) is 10.6. The fourth-order valence-corrected chi connectivity index (χ4v) is 5.92. The Bertz CT molecular complexity index is 1510. The summed E-state index contributed by atoms with van der Waals surface area (Å²) in [7, 11) is 2.97. The molecule has 0 aliphatic carbocycles. The third-order valence-electron chi connectivity index (χ3n) is 6.66. The molecule has 7 nitrogen and oxygen atoms in total. The first kappa shape index (κ1) is 26.9. The Hall–Kier alpha value is -2.68. The zero-order valence-corrected chi connectivity index (χ0v) is 23.7. The molecule has 2 heterocycles. The predicted octanol–water partition coefficient (Wildman–Crippen LogP) is 7.03. The monoisotopic (exact) mass is 612 g/mol. The Morgan fingerprint density at radius 1 is 0.684 bits per heavy atom. The van der Waals surface area contributed by atoms with Gasteiger partial charge in [-0.25, -0.2) is 0 Å². The van der Waals surface area contributed by atoms with Crippen molar-refractivity contribution < 1.29 is 23.9 Å². The van der Waals surface area contributed by atoms with E-state index in [-0.39, 0.29) is 31.2 Å². The highest BCUT2D eigenvalue weighted by molar-refractivity contribution is 6.55. The number of aryl methyl sites for hydroxylation is 1. The summed E-state index contributed by atoms with van der Waals surface area (Å²) in [6, 6.07) is 8.20. The molecule has 5 rings (SSSR count). The summed E-state index contributed by atoms with van der Waals surface area (Å²) in [6.45, 7) is 1.83. The molecule has 0 aromatic heterocycles. The number of benzene rings is 3. The number of anilines is 1. The van der Waals surface area contributed by atoms with Crippen molar-refractivity contribution in [2.24, 2.45) is 0 Å². The van der Waals surface area contributed by atoms with E-state index in [1.165, 1.54) is 19.1 Å². The van der Waals surface area contributed by atoms with Crippen molar-refractivity contribution in [2.45, 2.75) is 19.0 Å². The normalized spacial score (nSPS) is 18.6. The van der Waals surface area contributed by atoms with Crippen LogP contribution in [-0.4, -0.2) is 42.9 Å². The van der Waals surface area contributed by atoms with Crippen LogP contribution in [0.3, 0.4) is 0 Å². The number of hydrogen-bond donors (Lipinski definition) is 0. The molecule has 2 aliphatic heterocycles. The quantitative estimate of drug-likeness (QED) is 0.134. The van der Waals surface area contributed by atoms with Crippen LogP contribution in [0, 0.1) is 6.92 Å². The van der Waals surface area contributed by atoms with Crippen molar-refractivity contribution in [2.75, 3.05) is 19.1 Å². The van der Waals surface area contributed by atoms with Crippen LogP contribution in [0.2, 0.25) is 25.1 Å². The third-order valence-corrected chi connectivity index (χ3v) is 8.87. The van der Waals surface area contributed by atoms with Gasteiger partial charge in [0.05, 0.1) is 51.5 Å². The summed E-state index contributed by atoms with van der Waals surface area (Å²) in [5.41, 5.74) is 1.48. The van der Waals surface area contributed by atoms with Gasteiger partial charge >= 0.3 is 0 Å². The van der Waals surface area contributed by atoms with Crippen LogP contribution in [0.25, 0.3) is 0 Å². The number of rotatable bonds is 5. The van der Waals surface area contributed by atoms with Gasteiger partial charge in [0.25, 0.3) is 17.7 Å². The molecule has 1 fully saturated rings. The van der Waals surface area contributed by atoms with E-state index in [4.69, 9.17) is 67.5 Å². The van der Waals surface area contributed by atoms with Crippen LogP contribution in [-0.2, 0) is 4.79 Å². The van der Waals surface area contributed by atoms with Crippen molar-refractivity contribution in [3.05, 3.63) is 83.8 Å². The van der Waals surface area contributed by atoms with Gasteiger partial charge in [-0.1, -0.05) is 70.1 Å². The molecule has 2 aliphatic rings. The number of methoxy groups -OCH3 is 2. The molecule has 196 valence electrons. The average molecular weight is 615 g/mol. The molecule has 0 spiro atoms. The highest BCUT2D eigenvalue weighted by Gasteiger charge is 2.58. The van der Waals surface area contributed by atoms with E-state index in [2.05, 4.69) is 0 Å². The predicted molar refractivity (Wildman–Crippen MR) is 147 cm³/mol. The molecular formula is C26H17Cl5N2O5. The van der Waals surface area contributed by atoms with E-state index in [9.17, 15) is 14.4 Å². The molecule has 2 atom stereocenters. The van der Waals surface area contributed by atoms with Gasteiger partial charge in [-0.2, -0.15) is 0 Å². The number of β-lactam (4-membered cyclic amide) rings is 1. The van der Waals surface area contributed by atoms with Crippen molar-refractivity contribution in [1.82, 2.24) is 4.90 Å². The number of carbonyl (C=O) groups is 3. The number of ether oxygens (including phenoxy) is 2. The molecule has 0 N–H and O–H groups in total. The fraction of sp³-hybridized carbons (Fsp3) is 0.192. The zero-order chi connectivity index (χ0) is 27.6. The minimum Gasteiger partial charge on any atom is -0.493 e. The van der Waals surface area contributed by atoms with Gasteiger partial charge in [0.2, 0.25) is 0 Å². The lowest BCUT2D eigenvalue weighted by Crippen LogP contribution is -2.67. The van der Waals surface area contributed by atoms with E-state index in [1.807, 2.05) is 6.92 Å². The van der Waals surface area contributed by atoms with Crippen LogP contribution in [0.4, 0.5) is 5.69 Å². The summed E-state index contributed by atoms with van der Waals surface area (Å²) in [4.78, 5) is 43.2. The van der Waals surface area contributed by atoms with Crippen molar-refractivity contribution in [1.29, 1.82) is 0 Å². The van der Waals surface area contributed by atoms with Crippen molar-refractivity contribution in [3.8, 4) is 11.5 Å². The van der Waals surface area contributed by atoms with Gasteiger partial charge in [-0.15, -0.1) is 0 Å². The lowest BCUT2D eigenvalue weighted by Gasteiger charge is -2.49. The summed E-state index contributed by atoms with van der Waals surface area (Å²) < 4.78 is 10.8. The van der Waals surface area contributed by atoms with Gasteiger partial charge in [0, 0.05) is 10.7 Å². The minimum atomic E-state index is -1.23.